The van der Waals surface area contributed by atoms with E-state index in [-0.39, 0.29) is 31.1 Å². The number of hydrogen-bond donors (Lipinski definition) is 0. The highest BCUT2D eigenvalue weighted by molar-refractivity contribution is 5.71. The molecule has 454 valence electrons. The van der Waals surface area contributed by atoms with Gasteiger partial charge < -0.3 is 14.2 Å². The number of carbonyl (C=O) groups excluding carboxylic acids is 3. The minimum absolute atomic E-state index is 0.0820. The molecule has 0 aliphatic heterocycles. The van der Waals surface area contributed by atoms with Crippen molar-refractivity contribution in [1.29, 1.82) is 0 Å². The van der Waals surface area contributed by atoms with Gasteiger partial charge in [0.25, 0.3) is 0 Å². The Bertz CT molecular complexity index is 1540. The van der Waals surface area contributed by atoms with E-state index in [1.165, 1.54) is 180 Å². The van der Waals surface area contributed by atoms with Crippen LogP contribution in [0.2, 0.25) is 0 Å². The molecule has 1 unspecified atom stereocenters. The maximum atomic E-state index is 12.9. The molecule has 79 heavy (non-hydrogen) atoms. The molecule has 0 fully saturated rings. The molecule has 6 heteroatoms. The van der Waals surface area contributed by atoms with Crippen molar-refractivity contribution in [2.75, 3.05) is 13.2 Å². The lowest BCUT2D eigenvalue weighted by Crippen LogP contribution is -2.30. The molecule has 0 spiro atoms. The van der Waals surface area contributed by atoms with E-state index in [0.29, 0.717) is 19.3 Å². The fourth-order valence-electron chi connectivity index (χ4n) is 9.50. The minimum atomic E-state index is -0.786. The Morgan fingerprint density at radius 1 is 0.266 bits per heavy atom. The van der Waals surface area contributed by atoms with Crippen LogP contribution in [0.5, 0.6) is 0 Å². The summed E-state index contributed by atoms with van der Waals surface area (Å²) in [7, 11) is 0. The van der Waals surface area contributed by atoms with Gasteiger partial charge in [-0.1, -0.05) is 285 Å². The summed E-state index contributed by atoms with van der Waals surface area (Å²) in [4.78, 5) is 38.4. The quantitative estimate of drug-likeness (QED) is 0.0261. The molecule has 0 N–H and O–H groups in total. The Morgan fingerprint density at radius 2 is 0.494 bits per heavy atom. The third-order valence-electron chi connectivity index (χ3n) is 14.5. The largest absolute Gasteiger partial charge is 0.462 e. The van der Waals surface area contributed by atoms with Crippen molar-refractivity contribution >= 4 is 17.9 Å². The van der Waals surface area contributed by atoms with Crippen LogP contribution in [0, 0.1) is 0 Å². The summed E-state index contributed by atoms with van der Waals surface area (Å²) in [6, 6.07) is 0. The maximum Gasteiger partial charge on any atom is 0.306 e. The topological polar surface area (TPSA) is 78.9 Å². The molecular formula is C73H126O6. The average Bonchev–Trinajstić information content (AvgIpc) is 3.45. The molecule has 0 aliphatic rings. The molecule has 0 aromatic rings. The van der Waals surface area contributed by atoms with E-state index in [2.05, 4.69) is 118 Å². The van der Waals surface area contributed by atoms with Crippen LogP contribution >= 0.6 is 0 Å². The molecule has 0 rings (SSSR count). The standard InChI is InChI=1S/C73H126O6/c1-4-7-10-13-16-19-22-25-28-30-31-32-33-34-35-36-37-38-39-40-41-43-45-48-51-54-57-60-63-66-72(75)78-69-70(68-77-71(74)65-62-59-56-53-50-47-44-27-24-21-18-15-12-9-6-3)79-73(76)67-64-61-58-55-52-49-46-42-29-26-23-20-17-14-11-8-5-2/h7,10,16-17,19-20,25-29,31-32,34-35,44,70H,4-6,8-9,11-15,18,21-24,30,33,36-43,45-69H2,1-3H3/b10-7-,19-16-,20-17-,28-25-,29-26-,32-31-,35-34-,44-27-. The lowest BCUT2D eigenvalue weighted by atomic mass is 10.0. The van der Waals surface area contributed by atoms with Crippen molar-refractivity contribution in [2.24, 2.45) is 0 Å². The molecule has 0 saturated heterocycles. The Kier molecular flexibility index (Phi) is 63.7. The number of allylic oxidation sites excluding steroid dienone is 16. The van der Waals surface area contributed by atoms with Crippen molar-refractivity contribution in [3.05, 3.63) is 97.2 Å². The molecule has 0 aliphatic carbocycles. The van der Waals surface area contributed by atoms with Crippen LogP contribution in [0.25, 0.3) is 0 Å². The summed E-state index contributed by atoms with van der Waals surface area (Å²) in [5, 5.41) is 0. The van der Waals surface area contributed by atoms with Gasteiger partial charge in [0, 0.05) is 19.3 Å². The van der Waals surface area contributed by atoms with Gasteiger partial charge in [0.15, 0.2) is 6.10 Å². The van der Waals surface area contributed by atoms with E-state index in [1.807, 2.05) is 0 Å². The van der Waals surface area contributed by atoms with Gasteiger partial charge in [0.1, 0.15) is 13.2 Å². The first-order chi connectivity index (χ1) is 39.0. The minimum Gasteiger partial charge on any atom is -0.462 e. The normalized spacial score (nSPS) is 12.7. The van der Waals surface area contributed by atoms with E-state index in [1.54, 1.807) is 0 Å². The highest BCUT2D eigenvalue weighted by Crippen LogP contribution is 2.16. The zero-order valence-corrected chi connectivity index (χ0v) is 52.1. The smallest absolute Gasteiger partial charge is 0.306 e. The molecule has 0 aromatic heterocycles. The van der Waals surface area contributed by atoms with E-state index in [4.69, 9.17) is 14.2 Å². The van der Waals surface area contributed by atoms with E-state index < -0.39 is 6.10 Å². The zero-order valence-electron chi connectivity index (χ0n) is 52.1. The zero-order chi connectivity index (χ0) is 57.1. The Balaban J connectivity index is 4.29. The molecular weight excluding hydrogens is 973 g/mol. The molecule has 0 heterocycles. The molecule has 6 nitrogen and oxygen atoms in total. The van der Waals surface area contributed by atoms with Crippen molar-refractivity contribution in [3.8, 4) is 0 Å². The van der Waals surface area contributed by atoms with Gasteiger partial charge in [-0.3, -0.25) is 14.4 Å². The third kappa shape index (κ3) is 65.0. The number of rotatable bonds is 61. The van der Waals surface area contributed by atoms with E-state index in [0.717, 1.165) is 109 Å². The summed E-state index contributed by atoms with van der Waals surface area (Å²) in [6.45, 7) is 6.51. The summed E-state index contributed by atoms with van der Waals surface area (Å²) < 4.78 is 16.9. The lowest BCUT2D eigenvalue weighted by Gasteiger charge is -2.18. The van der Waals surface area contributed by atoms with Crippen LogP contribution in [0.1, 0.15) is 329 Å². The first kappa shape index (κ1) is 75.3. The van der Waals surface area contributed by atoms with Gasteiger partial charge in [-0.2, -0.15) is 0 Å². The van der Waals surface area contributed by atoms with E-state index in [9.17, 15) is 14.4 Å². The molecule has 0 amide bonds. The van der Waals surface area contributed by atoms with Crippen LogP contribution in [-0.2, 0) is 28.6 Å². The van der Waals surface area contributed by atoms with Gasteiger partial charge in [0.05, 0.1) is 0 Å². The number of unbranched alkanes of at least 4 members (excludes halogenated alkanes) is 34. The summed E-state index contributed by atoms with van der Waals surface area (Å²) in [6.07, 6.45) is 89.9. The number of carbonyl (C=O) groups is 3. The van der Waals surface area contributed by atoms with E-state index >= 15 is 0 Å². The molecule has 0 radical (unpaired) electrons. The number of hydrogen-bond acceptors (Lipinski definition) is 6. The molecule has 0 bridgehead atoms. The van der Waals surface area contributed by atoms with Gasteiger partial charge in [-0.05, 0) is 122 Å². The van der Waals surface area contributed by atoms with Crippen molar-refractivity contribution in [2.45, 2.75) is 335 Å². The second kappa shape index (κ2) is 66.8. The highest BCUT2D eigenvalue weighted by atomic mass is 16.6. The molecule has 0 aromatic carbocycles. The first-order valence-electron chi connectivity index (χ1n) is 33.7. The predicted molar refractivity (Wildman–Crippen MR) is 344 cm³/mol. The Labute approximate surface area is 489 Å². The maximum absolute atomic E-state index is 12.9. The van der Waals surface area contributed by atoms with Crippen molar-refractivity contribution < 1.29 is 28.6 Å². The monoisotopic (exact) mass is 1100 g/mol. The van der Waals surface area contributed by atoms with Gasteiger partial charge in [0.2, 0.25) is 0 Å². The number of ether oxygens (including phenoxy) is 3. The van der Waals surface area contributed by atoms with Crippen LogP contribution < -0.4 is 0 Å². The highest BCUT2D eigenvalue weighted by Gasteiger charge is 2.19. The fraction of sp³-hybridized carbons (Fsp3) is 0.740. The van der Waals surface area contributed by atoms with Crippen LogP contribution in [0.4, 0.5) is 0 Å². The summed E-state index contributed by atoms with van der Waals surface area (Å²) >= 11 is 0. The first-order valence-corrected chi connectivity index (χ1v) is 33.7. The van der Waals surface area contributed by atoms with Gasteiger partial charge in [-0.15, -0.1) is 0 Å². The Hall–Kier alpha value is -3.67. The second-order valence-electron chi connectivity index (χ2n) is 22.3. The Morgan fingerprint density at radius 3 is 0.810 bits per heavy atom. The summed E-state index contributed by atoms with van der Waals surface area (Å²) in [5.41, 5.74) is 0. The average molecular weight is 1100 g/mol. The summed E-state index contributed by atoms with van der Waals surface area (Å²) in [5.74, 6) is -0.886. The van der Waals surface area contributed by atoms with Crippen LogP contribution in [0.15, 0.2) is 97.2 Å². The van der Waals surface area contributed by atoms with Gasteiger partial charge >= 0.3 is 17.9 Å². The van der Waals surface area contributed by atoms with Crippen molar-refractivity contribution in [1.82, 2.24) is 0 Å². The fourth-order valence-corrected chi connectivity index (χ4v) is 9.50. The van der Waals surface area contributed by atoms with Crippen LogP contribution in [0.3, 0.4) is 0 Å². The lowest BCUT2D eigenvalue weighted by molar-refractivity contribution is -0.167. The SMILES string of the molecule is CC/C=C\C/C=C\C/C=C\C/C=C\C/C=C\CCCCCCCCCCCCCCCC(=O)OCC(COC(=O)CCCCCCC/C=C\CCCCCCCC)OC(=O)CCCCCCCCC/C=C\C/C=C\CCCCC. The van der Waals surface area contributed by atoms with Crippen LogP contribution in [-0.4, -0.2) is 37.2 Å². The second-order valence-corrected chi connectivity index (χ2v) is 22.3. The third-order valence-corrected chi connectivity index (χ3v) is 14.5. The molecule has 1 atom stereocenters. The van der Waals surface area contributed by atoms with Crippen molar-refractivity contribution in [3.63, 3.8) is 0 Å². The number of esters is 3. The predicted octanol–water partition coefficient (Wildman–Crippen LogP) is 23.2. The van der Waals surface area contributed by atoms with Gasteiger partial charge in [-0.25, -0.2) is 0 Å². The molecule has 0 saturated carbocycles.